The van der Waals surface area contributed by atoms with Crippen LogP contribution in [0.4, 0.5) is 5.95 Å². The van der Waals surface area contributed by atoms with Crippen molar-refractivity contribution in [3.8, 4) is 0 Å². The van der Waals surface area contributed by atoms with E-state index in [-0.39, 0.29) is 0 Å². The minimum absolute atomic E-state index is 0.461. The van der Waals surface area contributed by atoms with Crippen molar-refractivity contribution in [1.29, 1.82) is 0 Å². The van der Waals surface area contributed by atoms with E-state index >= 15 is 0 Å². The van der Waals surface area contributed by atoms with E-state index in [9.17, 15) is 4.79 Å². The molecule has 1 heterocycles. The highest BCUT2D eigenvalue weighted by Crippen LogP contribution is 2.01. The SMILES string of the molecule is CNC(CCCCNc1nn[nH]n1)C(=O)O. The highest BCUT2D eigenvalue weighted by molar-refractivity contribution is 5.73. The first kappa shape index (κ1) is 12.4. The number of hydrogen-bond acceptors (Lipinski definition) is 6. The summed E-state index contributed by atoms with van der Waals surface area (Å²) in [6.45, 7) is 0.704. The standard InChI is InChI=1S/C8H16N6O2/c1-9-6(7(15)16)4-2-3-5-10-8-11-13-14-12-8/h6,9H,2-5H2,1H3,(H,15,16)(H2,10,11,12,13,14). The number of unbranched alkanes of at least 4 members (excludes halogenated alkanes) is 1. The van der Waals surface area contributed by atoms with Crippen molar-refractivity contribution in [3.05, 3.63) is 0 Å². The Bertz CT molecular complexity index is 301. The molecule has 0 aliphatic carbocycles. The van der Waals surface area contributed by atoms with Gasteiger partial charge in [0.25, 0.3) is 5.95 Å². The Kier molecular flexibility index (Phi) is 5.20. The summed E-state index contributed by atoms with van der Waals surface area (Å²) in [5, 5.41) is 27.7. The Hall–Kier alpha value is -1.70. The minimum Gasteiger partial charge on any atom is -0.480 e. The number of aromatic nitrogens is 4. The number of carboxylic acid groups (broad SMARTS) is 1. The van der Waals surface area contributed by atoms with Crippen molar-refractivity contribution in [1.82, 2.24) is 25.9 Å². The molecule has 1 aromatic heterocycles. The van der Waals surface area contributed by atoms with Crippen molar-refractivity contribution in [3.63, 3.8) is 0 Å². The van der Waals surface area contributed by atoms with Crippen LogP contribution in [0.25, 0.3) is 0 Å². The van der Waals surface area contributed by atoms with Crippen LogP contribution in [0.15, 0.2) is 0 Å². The highest BCUT2D eigenvalue weighted by Gasteiger charge is 2.13. The number of carbonyl (C=O) groups is 1. The van der Waals surface area contributed by atoms with E-state index in [1.165, 1.54) is 0 Å². The molecule has 1 rings (SSSR count). The lowest BCUT2D eigenvalue weighted by Gasteiger charge is -2.10. The Labute approximate surface area is 92.8 Å². The van der Waals surface area contributed by atoms with Gasteiger partial charge in [0.05, 0.1) is 0 Å². The predicted octanol–water partition coefficient (Wildman–Crippen LogP) is -0.545. The van der Waals surface area contributed by atoms with Crippen molar-refractivity contribution in [2.75, 3.05) is 18.9 Å². The summed E-state index contributed by atoms with van der Waals surface area (Å²) in [6, 6.07) is -0.467. The fraction of sp³-hybridized carbons (Fsp3) is 0.750. The molecule has 16 heavy (non-hydrogen) atoms. The number of likely N-dealkylation sites (N-methyl/N-ethyl adjacent to an activating group) is 1. The Balaban J connectivity index is 2.05. The van der Waals surface area contributed by atoms with Gasteiger partial charge in [0.15, 0.2) is 0 Å². The third-order valence-electron chi connectivity index (χ3n) is 2.19. The van der Waals surface area contributed by atoms with Gasteiger partial charge in [-0.15, -0.1) is 5.10 Å². The normalized spacial score (nSPS) is 12.3. The molecular weight excluding hydrogens is 212 g/mol. The number of carboxylic acids is 1. The molecule has 1 atom stereocenters. The minimum atomic E-state index is -0.811. The zero-order valence-electron chi connectivity index (χ0n) is 9.10. The number of nitrogens with one attached hydrogen (secondary N) is 3. The van der Waals surface area contributed by atoms with Gasteiger partial charge in [-0.3, -0.25) is 4.79 Å². The largest absolute Gasteiger partial charge is 0.480 e. The van der Waals surface area contributed by atoms with Gasteiger partial charge < -0.3 is 15.7 Å². The highest BCUT2D eigenvalue weighted by atomic mass is 16.4. The van der Waals surface area contributed by atoms with Crippen molar-refractivity contribution < 1.29 is 9.90 Å². The maximum Gasteiger partial charge on any atom is 0.320 e. The molecule has 4 N–H and O–H groups in total. The van der Waals surface area contributed by atoms with Crippen LogP contribution in [-0.2, 0) is 4.79 Å². The van der Waals surface area contributed by atoms with E-state index in [4.69, 9.17) is 5.11 Å². The summed E-state index contributed by atoms with van der Waals surface area (Å²) >= 11 is 0. The lowest BCUT2D eigenvalue weighted by molar-refractivity contribution is -0.139. The molecule has 0 aromatic carbocycles. The maximum atomic E-state index is 10.7. The molecule has 0 spiro atoms. The molecule has 8 heteroatoms. The number of anilines is 1. The van der Waals surface area contributed by atoms with E-state index < -0.39 is 12.0 Å². The monoisotopic (exact) mass is 228 g/mol. The van der Waals surface area contributed by atoms with Crippen LogP contribution >= 0.6 is 0 Å². The summed E-state index contributed by atoms with van der Waals surface area (Å²) in [7, 11) is 1.65. The Morgan fingerprint density at radius 3 is 2.94 bits per heavy atom. The summed E-state index contributed by atoms with van der Waals surface area (Å²) < 4.78 is 0. The fourth-order valence-electron chi connectivity index (χ4n) is 1.30. The molecule has 0 saturated heterocycles. The smallest absolute Gasteiger partial charge is 0.320 e. The summed E-state index contributed by atoms with van der Waals surface area (Å²) in [5.41, 5.74) is 0. The average Bonchev–Trinajstić information content (AvgIpc) is 2.75. The predicted molar refractivity (Wildman–Crippen MR) is 57.0 cm³/mol. The van der Waals surface area contributed by atoms with Crippen LogP contribution in [0.5, 0.6) is 0 Å². The van der Waals surface area contributed by atoms with Crippen molar-refractivity contribution >= 4 is 11.9 Å². The molecule has 0 fully saturated rings. The zero-order chi connectivity index (χ0) is 11.8. The molecule has 0 bridgehead atoms. The first-order valence-electron chi connectivity index (χ1n) is 5.11. The molecule has 1 unspecified atom stereocenters. The number of tetrazole rings is 1. The molecule has 0 saturated carbocycles. The molecule has 8 nitrogen and oxygen atoms in total. The van der Waals surface area contributed by atoms with Crippen molar-refractivity contribution in [2.45, 2.75) is 25.3 Å². The number of aromatic amines is 1. The molecular formula is C8H16N6O2. The number of hydrogen-bond donors (Lipinski definition) is 4. The van der Waals surface area contributed by atoms with E-state index in [2.05, 4.69) is 31.3 Å². The quantitative estimate of drug-likeness (QED) is 0.441. The Morgan fingerprint density at radius 1 is 1.56 bits per heavy atom. The molecule has 0 aliphatic rings. The van der Waals surface area contributed by atoms with Gasteiger partial charge in [-0.25, -0.2) is 0 Å². The summed E-state index contributed by atoms with van der Waals surface area (Å²) in [4.78, 5) is 10.7. The number of aliphatic carboxylic acids is 1. The molecule has 0 aliphatic heterocycles. The van der Waals surface area contributed by atoms with Gasteiger partial charge >= 0.3 is 5.97 Å². The van der Waals surface area contributed by atoms with Gasteiger partial charge in [0.2, 0.25) is 0 Å². The Morgan fingerprint density at radius 2 is 2.38 bits per heavy atom. The van der Waals surface area contributed by atoms with E-state index in [1.54, 1.807) is 7.05 Å². The van der Waals surface area contributed by atoms with Crippen LogP contribution < -0.4 is 10.6 Å². The van der Waals surface area contributed by atoms with E-state index in [0.717, 1.165) is 12.8 Å². The van der Waals surface area contributed by atoms with Gasteiger partial charge in [-0.05, 0) is 31.5 Å². The van der Waals surface area contributed by atoms with Crippen LogP contribution in [-0.4, -0.2) is 51.3 Å². The fourth-order valence-corrected chi connectivity index (χ4v) is 1.30. The van der Waals surface area contributed by atoms with Crippen LogP contribution in [0, 0.1) is 0 Å². The summed E-state index contributed by atoms with van der Waals surface area (Å²) in [5.74, 6) is -0.350. The number of H-pyrrole nitrogens is 1. The molecule has 1 aromatic rings. The maximum absolute atomic E-state index is 10.7. The topological polar surface area (TPSA) is 116 Å². The van der Waals surface area contributed by atoms with Crippen molar-refractivity contribution in [2.24, 2.45) is 0 Å². The third kappa shape index (κ3) is 4.22. The second kappa shape index (κ2) is 6.72. The molecule has 90 valence electrons. The molecule has 0 radical (unpaired) electrons. The lowest BCUT2D eigenvalue weighted by atomic mass is 10.1. The average molecular weight is 228 g/mol. The lowest BCUT2D eigenvalue weighted by Crippen LogP contribution is -2.33. The number of nitrogens with zero attached hydrogens (tertiary/aromatic N) is 3. The zero-order valence-corrected chi connectivity index (χ0v) is 9.10. The second-order valence-electron chi connectivity index (χ2n) is 3.34. The van der Waals surface area contributed by atoms with Crippen LogP contribution in [0.1, 0.15) is 19.3 Å². The summed E-state index contributed by atoms with van der Waals surface area (Å²) in [6.07, 6.45) is 2.29. The molecule has 0 amide bonds. The van der Waals surface area contributed by atoms with Gasteiger partial charge in [-0.1, -0.05) is 5.10 Å². The first-order chi connectivity index (χ1) is 7.74. The number of rotatable bonds is 8. The first-order valence-corrected chi connectivity index (χ1v) is 5.11. The van der Waals surface area contributed by atoms with Gasteiger partial charge in [0, 0.05) is 6.54 Å². The van der Waals surface area contributed by atoms with E-state index in [1.807, 2.05) is 0 Å². The van der Waals surface area contributed by atoms with E-state index in [0.29, 0.717) is 18.9 Å². The van der Waals surface area contributed by atoms with Gasteiger partial charge in [0.1, 0.15) is 6.04 Å². The second-order valence-corrected chi connectivity index (χ2v) is 3.34. The third-order valence-corrected chi connectivity index (χ3v) is 2.19. The van der Waals surface area contributed by atoms with Crippen LogP contribution in [0.3, 0.4) is 0 Å². The van der Waals surface area contributed by atoms with Crippen LogP contribution in [0.2, 0.25) is 0 Å². The van der Waals surface area contributed by atoms with Gasteiger partial charge in [-0.2, -0.15) is 5.21 Å².